The average molecular weight is 277 g/mol. The zero-order valence-electron chi connectivity index (χ0n) is 11.4. The number of pyridine rings is 1. The van der Waals surface area contributed by atoms with Gasteiger partial charge in [-0.05, 0) is 25.0 Å². The van der Waals surface area contributed by atoms with Gasteiger partial charge in [-0.15, -0.1) is 0 Å². The molecule has 0 aromatic carbocycles. The predicted octanol–water partition coefficient (Wildman–Crippen LogP) is 0.546. The van der Waals surface area contributed by atoms with Crippen LogP contribution in [0.3, 0.4) is 0 Å². The normalized spacial score (nSPS) is 14.9. The number of carbonyl (C=O) groups excluding carboxylic acids is 1. The molecule has 20 heavy (non-hydrogen) atoms. The van der Waals surface area contributed by atoms with Gasteiger partial charge in [-0.2, -0.15) is 0 Å². The average Bonchev–Trinajstić information content (AvgIpc) is 3.31. The molecule has 108 valence electrons. The molecule has 7 heteroatoms. The van der Waals surface area contributed by atoms with Crippen LogP contribution in [0.2, 0.25) is 0 Å². The first-order chi connectivity index (χ1) is 9.65. The number of hydrogen-bond donors (Lipinski definition) is 3. The van der Waals surface area contributed by atoms with E-state index in [2.05, 4.69) is 20.4 Å². The summed E-state index contributed by atoms with van der Waals surface area (Å²) in [5.74, 6) is -0.00439. The Bertz CT molecular complexity index is 513. The van der Waals surface area contributed by atoms with Gasteiger partial charge in [0.2, 0.25) is 0 Å². The molecule has 0 atom stereocenters. The number of anilines is 1. The van der Waals surface area contributed by atoms with Crippen LogP contribution < -0.4 is 16.0 Å². The lowest BCUT2D eigenvalue weighted by atomic mass is 10.2. The third-order valence-electron chi connectivity index (χ3n) is 3.26. The first-order valence-electron chi connectivity index (χ1n) is 6.57. The van der Waals surface area contributed by atoms with Gasteiger partial charge in [0, 0.05) is 37.9 Å². The summed E-state index contributed by atoms with van der Waals surface area (Å²) < 4.78 is 0. The van der Waals surface area contributed by atoms with E-state index in [1.807, 2.05) is 6.07 Å². The summed E-state index contributed by atoms with van der Waals surface area (Å²) in [5.41, 5.74) is 6.84. The summed E-state index contributed by atoms with van der Waals surface area (Å²) in [6.45, 7) is 0.651. The molecule has 0 radical (unpaired) electrons. The van der Waals surface area contributed by atoms with Gasteiger partial charge in [-0.25, -0.2) is 0 Å². The van der Waals surface area contributed by atoms with Crippen molar-refractivity contribution in [2.45, 2.75) is 25.3 Å². The SMILES string of the molecule is CNC(=O)c1cc(N(CCC(N)=NO)C2CC2)ccn1. The van der Waals surface area contributed by atoms with Crippen molar-refractivity contribution in [2.24, 2.45) is 10.9 Å². The highest BCUT2D eigenvalue weighted by Gasteiger charge is 2.29. The van der Waals surface area contributed by atoms with Crippen LogP contribution in [0.5, 0.6) is 0 Å². The van der Waals surface area contributed by atoms with E-state index in [0.29, 0.717) is 24.7 Å². The molecule has 0 bridgehead atoms. The standard InChI is InChI=1S/C13H19N5O2/c1-15-13(19)11-8-10(4-6-16-11)18(9-2-3-9)7-5-12(14)17-20/h4,6,8-9,20H,2-3,5,7H2,1H3,(H2,14,17)(H,15,19). The van der Waals surface area contributed by atoms with Gasteiger partial charge < -0.3 is 21.2 Å². The first kappa shape index (κ1) is 14.1. The Morgan fingerprint density at radius 2 is 2.40 bits per heavy atom. The summed E-state index contributed by atoms with van der Waals surface area (Å²) in [6, 6.07) is 4.10. The minimum Gasteiger partial charge on any atom is -0.409 e. The summed E-state index contributed by atoms with van der Waals surface area (Å²) >= 11 is 0. The van der Waals surface area contributed by atoms with Crippen LogP contribution in [0.25, 0.3) is 0 Å². The zero-order valence-corrected chi connectivity index (χ0v) is 11.4. The van der Waals surface area contributed by atoms with Crippen molar-refractivity contribution in [1.82, 2.24) is 10.3 Å². The minimum atomic E-state index is -0.209. The van der Waals surface area contributed by atoms with Gasteiger partial charge in [-0.1, -0.05) is 5.16 Å². The Labute approximate surface area is 117 Å². The highest BCUT2D eigenvalue weighted by atomic mass is 16.4. The van der Waals surface area contributed by atoms with E-state index in [4.69, 9.17) is 10.9 Å². The number of rotatable bonds is 6. The number of oxime groups is 1. The van der Waals surface area contributed by atoms with Crippen LogP contribution in [-0.2, 0) is 0 Å². The molecule has 1 amide bonds. The summed E-state index contributed by atoms with van der Waals surface area (Å²) in [4.78, 5) is 17.9. The van der Waals surface area contributed by atoms with E-state index < -0.39 is 0 Å². The van der Waals surface area contributed by atoms with Crippen molar-refractivity contribution >= 4 is 17.4 Å². The van der Waals surface area contributed by atoms with Crippen molar-refractivity contribution in [3.8, 4) is 0 Å². The molecular formula is C13H19N5O2. The number of amides is 1. The number of amidine groups is 1. The van der Waals surface area contributed by atoms with Crippen LogP contribution >= 0.6 is 0 Å². The van der Waals surface area contributed by atoms with Crippen LogP contribution in [0.15, 0.2) is 23.5 Å². The Hall–Kier alpha value is -2.31. The van der Waals surface area contributed by atoms with Gasteiger partial charge >= 0.3 is 0 Å². The molecule has 0 spiro atoms. The second-order valence-electron chi connectivity index (χ2n) is 4.74. The van der Waals surface area contributed by atoms with E-state index in [9.17, 15) is 4.79 Å². The highest BCUT2D eigenvalue weighted by molar-refractivity contribution is 5.92. The number of aromatic nitrogens is 1. The number of nitrogens with one attached hydrogen (secondary N) is 1. The van der Waals surface area contributed by atoms with E-state index in [0.717, 1.165) is 18.5 Å². The molecule has 7 nitrogen and oxygen atoms in total. The number of nitrogens with two attached hydrogens (primary N) is 1. The topological polar surface area (TPSA) is 104 Å². The van der Waals surface area contributed by atoms with Crippen LogP contribution in [-0.4, -0.2) is 41.6 Å². The molecule has 1 aromatic rings. The number of carbonyl (C=O) groups is 1. The fraction of sp³-hybridized carbons (Fsp3) is 0.462. The number of hydrogen-bond acceptors (Lipinski definition) is 5. The van der Waals surface area contributed by atoms with Crippen molar-refractivity contribution in [1.29, 1.82) is 0 Å². The van der Waals surface area contributed by atoms with Gasteiger partial charge in [-0.3, -0.25) is 9.78 Å². The monoisotopic (exact) mass is 277 g/mol. The Balaban J connectivity index is 2.14. The largest absolute Gasteiger partial charge is 0.409 e. The predicted molar refractivity (Wildman–Crippen MR) is 76.0 cm³/mol. The molecule has 2 rings (SSSR count). The van der Waals surface area contributed by atoms with E-state index in [1.165, 1.54) is 0 Å². The van der Waals surface area contributed by atoms with Gasteiger partial charge in [0.05, 0.1) is 0 Å². The molecule has 1 fully saturated rings. The van der Waals surface area contributed by atoms with E-state index >= 15 is 0 Å². The maximum Gasteiger partial charge on any atom is 0.269 e. The van der Waals surface area contributed by atoms with E-state index in [1.54, 1.807) is 19.3 Å². The number of nitrogens with zero attached hydrogens (tertiary/aromatic N) is 3. The third-order valence-corrected chi connectivity index (χ3v) is 3.26. The zero-order chi connectivity index (χ0) is 14.5. The maximum atomic E-state index is 11.6. The summed E-state index contributed by atoms with van der Waals surface area (Å²) in [6.07, 6.45) is 4.34. The van der Waals surface area contributed by atoms with Crippen LogP contribution in [0.1, 0.15) is 29.8 Å². The maximum absolute atomic E-state index is 11.6. The molecule has 1 aliphatic rings. The summed E-state index contributed by atoms with van der Waals surface area (Å²) in [5, 5.41) is 14.1. The Morgan fingerprint density at radius 1 is 1.65 bits per heavy atom. The van der Waals surface area contributed by atoms with E-state index in [-0.39, 0.29) is 11.7 Å². The molecule has 1 aromatic heterocycles. The Kier molecular flexibility index (Phi) is 4.39. The van der Waals surface area contributed by atoms with Gasteiger partial charge in [0.25, 0.3) is 5.91 Å². The third kappa shape index (κ3) is 3.37. The second kappa shape index (κ2) is 6.23. The summed E-state index contributed by atoms with van der Waals surface area (Å²) in [7, 11) is 1.58. The van der Waals surface area contributed by atoms with Crippen LogP contribution in [0.4, 0.5) is 5.69 Å². The van der Waals surface area contributed by atoms with Crippen molar-refractivity contribution in [3.63, 3.8) is 0 Å². The van der Waals surface area contributed by atoms with Gasteiger partial charge in [0.1, 0.15) is 11.5 Å². The van der Waals surface area contributed by atoms with Crippen molar-refractivity contribution in [3.05, 3.63) is 24.0 Å². The molecule has 0 saturated heterocycles. The van der Waals surface area contributed by atoms with Crippen LogP contribution in [0, 0.1) is 0 Å². The molecular weight excluding hydrogens is 258 g/mol. The first-order valence-corrected chi connectivity index (χ1v) is 6.57. The smallest absolute Gasteiger partial charge is 0.269 e. The minimum absolute atomic E-state index is 0.205. The lowest BCUT2D eigenvalue weighted by molar-refractivity contribution is 0.0958. The molecule has 0 aliphatic heterocycles. The van der Waals surface area contributed by atoms with Crippen molar-refractivity contribution < 1.29 is 10.0 Å². The molecule has 1 aliphatic carbocycles. The Morgan fingerprint density at radius 3 is 3.00 bits per heavy atom. The molecule has 1 heterocycles. The lowest BCUT2D eigenvalue weighted by Crippen LogP contribution is -2.30. The quantitative estimate of drug-likeness (QED) is 0.305. The molecule has 1 saturated carbocycles. The fourth-order valence-corrected chi connectivity index (χ4v) is 2.04. The molecule has 0 unspecified atom stereocenters. The van der Waals surface area contributed by atoms with Gasteiger partial charge in [0.15, 0.2) is 0 Å². The molecule has 4 N–H and O–H groups in total. The highest BCUT2D eigenvalue weighted by Crippen LogP contribution is 2.31. The van der Waals surface area contributed by atoms with Crippen molar-refractivity contribution in [2.75, 3.05) is 18.5 Å². The lowest BCUT2D eigenvalue weighted by Gasteiger charge is -2.24. The fourth-order valence-electron chi connectivity index (χ4n) is 2.04. The second-order valence-corrected chi connectivity index (χ2v) is 4.74.